The summed E-state index contributed by atoms with van der Waals surface area (Å²) < 4.78 is 0. The number of hydrogen-bond acceptors (Lipinski definition) is 2. The number of halogens is 1. The molecule has 0 spiro atoms. The molecule has 0 saturated heterocycles. The molecule has 3 heteroatoms. The van der Waals surface area contributed by atoms with Gasteiger partial charge >= 0.3 is 0 Å². The summed E-state index contributed by atoms with van der Waals surface area (Å²) in [4.78, 5) is 23.5. The number of fused-ring (bicyclic) bond motifs is 1. The molecule has 2 rings (SSSR count). The number of hydrogen-bond donors (Lipinski definition) is 0. The second kappa shape index (κ2) is 4.84. The van der Waals surface area contributed by atoms with E-state index < -0.39 is 0 Å². The number of rotatable bonds is 3. The second-order valence-electron chi connectivity index (χ2n) is 4.17. The maximum Gasteiger partial charge on any atom is 0.205 e. The number of Topliss-reactive ketones (excluding diaryl/α,β-unsaturated/α-hetero) is 1. The van der Waals surface area contributed by atoms with Gasteiger partial charge in [-0.3, -0.25) is 9.59 Å². The van der Waals surface area contributed by atoms with Gasteiger partial charge in [-0.25, -0.2) is 0 Å². The first kappa shape index (κ1) is 12.1. The molecule has 0 aliphatic heterocycles. The van der Waals surface area contributed by atoms with Gasteiger partial charge in [0.2, 0.25) is 5.78 Å². The molecule has 1 aromatic rings. The lowest BCUT2D eigenvalue weighted by Crippen LogP contribution is -2.14. The van der Waals surface area contributed by atoms with Gasteiger partial charge in [-0.1, -0.05) is 31.0 Å². The van der Waals surface area contributed by atoms with Crippen LogP contribution in [0.25, 0.3) is 0 Å². The normalized spacial score (nSPS) is 14.6. The van der Waals surface area contributed by atoms with Crippen molar-refractivity contribution < 1.29 is 9.59 Å². The van der Waals surface area contributed by atoms with Crippen molar-refractivity contribution in [1.29, 1.82) is 0 Å². The van der Waals surface area contributed by atoms with E-state index in [9.17, 15) is 9.59 Å². The fourth-order valence-corrected chi connectivity index (χ4v) is 2.12. The average Bonchev–Trinajstić information content (AvgIpc) is 2.33. The number of ketones is 2. The SMILES string of the molecule is CCCCc1ccc2c(c1)C(=O)C=C(Cl)C2=O. The fourth-order valence-electron chi connectivity index (χ4n) is 1.92. The maximum atomic E-state index is 11.8. The lowest BCUT2D eigenvalue weighted by molar-refractivity contribution is 0.0990. The summed E-state index contributed by atoms with van der Waals surface area (Å²) in [6.45, 7) is 2.12. The highest BCUT2D eigenvalue weighted by atomic mass is 35.5. The largest absolute Gasteiger partial charge is 0.289 e. The van der Waals surface area contributed by atoms with Gasteiger partial charge in [-0.05, 0) is 30.5 Å². The molecule has 17 heavy (non-hydrogen) atoms. The minimum Gasteiger partial charge on any atom is -0.289 e. The number of benzene rings is 1. The van der Waals surface area contributed by atoms with Crippen LogP contribution in [0.4, 0.5) is 0 Å². The summed E-state index contributed by atoms with van der Waals surface area (Å²) in [5, 5.41) is 0.00353. The number of aryl methyl sites for hydroxylation is 1. The zero-order chi connectivity index (χ0) is 12.4. The van der Waals surface area contributed by atoms with Gasteiger partial charge in [0, 0.05) is 17.2 Å². The fraction of sp³-hybridized carbons (Fsp3) is 0.286. The molecule has 0 radical (unpaired) electrons. The van der Waals surface area contributed by atoms with E-state index in [1.54, 1.807) is 6.07 Å². The van der Waals surface area contributed by atoms with E-state index in [1.807, 2.05) is 12.1 Å². The number of carbonyl (C=O) groups is 2. The summed E-state index contributed by atoms with van der Waals surface area (Å²) >= 11 is 5.70. The first-order valence-electron chi connectivity index (χ1n) is 5.72. The van der Waals surface area contributed by atoms with Crippen molar-refractivity contribution in [3.8, 4) is 0 Å². The van der Waals surface area contributed by atoms with Crippen LogP contribution in [-0.4, -0.2) is 11.6 Å². The van der Waals surface area contributed by atoms with E-state index in [4.69, 9.17) is 11.6 Å². The molecule has 88 valence electrons. The Morgan fingerprint density at radius 1 is 1.18 bits per heavy atom. The average molecular weight is 249 g/mol. The quantitative estimate of drug-likeness (QED) is 0.820. The van der Waals surface area contributed by atoms with Crippen LogP contribution in [0.3, 0.4) is 0 Å². The summed E-state index contributed by atoms with van der Waals surface area (Å²) in [5.41, 5.74) is 1.99. The summed E-state index contributed by atoms with van der Waals surface area (Å²) in [7, 11) is 0. The van der Waals surface area contributed by atoms with Gasteiger partial charge in [-0.15, -0.1) is 0 Å². The van der Waals surface area contributed by atoms with E-state index in [0.717, 1.165) is 24.8 Å². The second-order valence-corrected chi connectivity index (χ2v) is 4.58. The number of unbranched alkanes of at least 4 members (excludes halogenated alkanes) is 1. The molecule has 0 N–H and O–H groups in total. The minimum absolute atomic E-state index is 0.00353. The van der Waals surface area contributed by atoms with E-state index >= 15 is 0 Å². The van der Waals surface area contributed by atoms with Crippen molar-refractivity contribution in [2.45, 2.75) is 26.2 Å². The minimum atomic E-state index is -0.261. The first-order chi connectivity index (χ1) is 8.13. The van der Waals surface area contributed by atoms with Crippen molar-refractivity contribution in [1.82, 2.24) is 0 Å². The molecule has 0 saturated carbocycles. The standard InChI is InChI=1S/C14H13ClO2/c1-2-3-4-9-5-6-10-11(7-9)13(16)8-12(15)14(10)17/h5-8H,2-4H2,1H3. The van der Waals surface area contributed by atoms with Gasteiger partial charge in [0.05, 0.1) is 5.03 Å². The third kappa shape index (κ3) is 2.32. The molecule has 0 amide bonds. The lowest BCUT2D eigenvalue weighted by Gasteiger charge is -2.12. The third-order valence-corrected chi connectivity index (χ3v) is 3.17. The predicted octanol–water partition coefficient (Wildman–Crippen LogP) is 3.53. The predicted molar refractivity (Wildman–Crippen MR) is 67.7 cm³/mol. The maximum absolute atomic E-state index is 11.8. The summed E-state index contributed by atoms with van der Waals surface area (Å²) in [5.74, 6) is -0.439. The van der Waals surface area contributed by atoms with E-state index in [2.05, 4.69) is 6.92 Å². The van der Waals surface area contributed by atoms with Crippen molar-refractivity contribution >= 4 is 23.2 Å². The third-order valence-electron chi connectivity index (χ3n) is 2.89. The molecule has 0 aromatic heterocycles. The van der Waals surface area contributed by atoms with Crippen LogP contribution in [0.15, 0.2) is 29.3 Å². The van der Waals surface area contributed by atoms with E-state index in [-0.39, 0.29) is 16.6 Å². The molecular formula is C14H13ClO2. The summed E-state index contributed by atoms with van der Waals surface area (Å²) in [6, 6.07) is 5.41. The molecule has 0 unspecified atom stereocenters. The zero-order valence-corrected chi connectivity index (χ0v) is 10.4. The van der Waals surface area contributed by atoms with Crippen LogP contribution in [-0.2, 0) is 6.42 Å². The summed E-state index contributed by atoms with van der Waals surface area (Å²) in [6.07, 6.45) is 4.33. The molecule has 0 bridgehead atoms. The molecule has 0 heterocycles. The Morgan fingerprint density at radius 3 is 2.65 bits per heavy atom. The van der Waals surface area contributed by atoms with Crippen LogP contribution < -0.4 is 0 Å². The number of allylic oxidation sites excluding steroid dienone is 2. The smallest absolute Gasteiger partial charge is 0.205 e. The van der Waals surface area contributed by atoms with Gasteiger partial charge in [-0.2, -0.15) is 0 Å². The molecule has 1 aliphatic rings. The number of carbonyl (C=O) groups excluding carboxylic acids is 2. The monoisotopic (exact) mass is 248 g/mol. The highest BCUT2D eigenvalue weighted by molar-refractivity contribution is 6.49. The molecular weight excluding hydrogens is 236 g/mol. The Labute approximate surface area is 105 Å². The van der Waals surface area contributed by atoms with Crippen molar-refractivity contribution in [2.75, 3.05) is 0 Å². The Bertz CT molecular complexity index is 515. The van der Waals surface area contributed by atoms with Gasteiger partial charge in [0.15, 0.2) is 5.78 Å². The van der Waals surface area contributed by atoms with Crippen LogP contribution in [0, 0.1) is 0 Å². The van der Waals surface area contributed by atoms with Gasteiger partial charge in [0.25, 0.3) is 0 Å². The lowest BCUT2D eigenvalue weighted by atomic mass is 9.92. The van der Waals surface area contributed by atoms with Crippen molar-refractivity contribution in [2.24, 2.45) is 0 Å². The van der Waals surface area contributed by atoms with Crippen molar-refractivity contribution in [3.63, 3.8) is 0 Å². The van der Waals surface area contributed by atoms with Crippen LogP contribution >= 0.6 is 11.6 Å². The Kier molecular flexibility index (Phi) is 3.43. The van der Waals surface area contributed by atoms with E-state index in [1.165, 1.54) is 6.08 Å². The Morgan fingerprint density at radius 2 is 1.94 bits per heavy atom. The van der Waals surface area contributed by atoms with E-state index in [0.29, 0.717) is 11.1 Å². The molecule has 1 aliphatic carbocycles. The highest BCUT2D eigenvalue weighted by Gasteiger charge is 2.24. The topological polar surface area (TPSA) is 34.1 Å². The van der Waals surface area contributed by atoms with Gasteiger partial charge in [0.1, 0.15) is 0 Å². The van der Waals surface area contributed by atoms with Crippen LogP contribution in [0.1, 0.15) is 46.0 Å². The molecule has 0 fully saturated rings. The van der Waals surface area contributed by atoms with Crippen LogP contribution in [0.2, 0.25) is 0 Å². The molecule has 0 atom stereocenters. The van der Waals surface area contributed by atoms with Crippen LogP contribution in [0.5, 0.6) is 0 Å². The highest BCUT2D eigenvalue weighted by Crippen LogP contribution is 2.24. The van der Waals surface area contributed by atoms with Crippen molar-refractivity contribution in [3.05, 3.63) is 46.0 Å². The van der Waals surface area contributed by atoms with Gasteiger partial charge < -0.3 is 0 Å². The molecule has 2 nitrogen and oxygen atoms in total. The Hall–Kier alpha value is -1.41. The zero-order valence-electron chi connectivity index (χ0n) is 9.63. The molecule has 1 aromatic carbocycles. The Balaban J connectivity index is 2.39. The first-order valence-corrected chi connectivity index (χ1v) is 6.10.